The Bertz CT molecular complexity index is 823. The number of piperidine rings is 1. The summed E-state index contributed by atoms with van der Waals surface area (Å²) in [6.07, 6.45) is 2.78. The number of benzene rings is 1. The summed E-state index contributed by atoms with van der Waals surface area (Å²) in [5.74, 6) is -1.43. The molecular weight excluding hydrogens is 325 g/mol. The molecule has 7 heteroatoms. The van der Waals surface area contributed by atoms with Crippen LogP contribution in [0.15, 0.2) is 24.4 Å². The summed E-state index contributed by atoms with van der Waals surface area (Å²) in [7, 11) is 0. The molecule has 25 heavy (non-hydrogen) atoms. The SMILES string of the molecule is Cc1cc(F)ccc1C(=O)N1CCC(n2ncc(C(=O)O)c2C)CC1. The van der Waals surface area contributed by atoms with Crippen LogP contribution in [-0.2, 0) is 0 Å². The van der Waals surface area contributed by atoms with Gasteiger partial charge in [0.1, 0.15) is 11.4 Å². The molecule has 1 aromatic carbocycles. The van der Waals surface area contributed by atoms with Crippen LogP contribution in [0, 0.1) is 19.7 Å². The quantitative estimate of drug-likeness (QED) is 0.928. The Labute approximate surface area is 144 Å². The summed E-state index contributed by atoms with van der Waals surface area (Å²) >= 11 is 0. The fraction of sp³-hybridized carbons (Fsp3) is 0.389. The van der Waals surface area contributed by atoms with Crippen molar-refractivity contribution in [2.45, 2.75) is 32.7 Å². The van der Waals surface area contributed by atoms with Crippen LogP contribution >= 0.6 is 0 Å². The van der Waals surface area contributed by atoms with Crippen LogP contribution in [0.5, 0.6) is 0 Å². The Balaban J connectivity index is 1.69. The van der Waals surface area contributed by atoms with Crippen LogP contribution in [0.2, 0.25) is 0 Å². The molecule has 0 unspecified atom stereocenters. The number of likely N-dealkylation sites (tertiary alicyclic amines) is 1. The van der Waals surface area contributed by atoms with E-state index in [1.54, 1.807) is 23.4 Å². The number of carboxylic acid groups (broad SMARTS) is 1. The number of amides is 1. The summed E-state index contributed by atoms with van der Waals surface area (Å²) in [6.45, 7) is 4.59. The number of rotatable bonds is 3. The third kappa shape index (κ3) is 3.26. The number of aromatic nitrogens is 2. The van der Waals surface area contributed by atoms with E-state index in [2.05, 4.69) is 5.10 Å². The van der Waals surface area contributed by atoms with E-state index < -0.39 is 5.97 Å². The van der Waals surface area contributed by atoms with Gasteiger partial charge in [-0.15, -0.1) is 0 Å². The molecule has 1 aliphatic rings. The molecule has 2 heterocycles. The van der Waals surface area contributed by atoms with Crippen LogP contribution in [0.4, 0.5) is 4.39 Å². The first-order chi connectivity index (χ1) is 11.9. The van der Waals surface area contributed by atoms with Crippen molar-refractivity contribution >= 4 is 11.9 Å². The van der Waals surface area contributed by atoms with E-state index in [1.165, 1.54) is 24.4 Å². The maximum atomic E-state index is 13.2. The summed E-state index contributed by atoms with van der Waals surface area (Å²) < 4.78 is 15.0. The van der Waals surface area contributed by atoms with Crippen molar-refractivity contribution < 1.29 is 19.1 Å². The van der Waals surface area contributed by atoms with Crippen molar-refractivity contribution in [3.05, 3.63) is 52.6 Å². The smallest absolute Gasteiger partial charge is 0.339 e. The summed E-state index contributed by atoms with van der Waals surface area (Å²) in [5, 5.41) is 13.3. The molecule has 6 nitrogen and oxygen atoms in total. The van der Waals surface area contributed by atoms with Crippen molar-refractivity contribution in [1.82, 2.24) is 14.7 Å². The van der Waals surface area contributed by atoms with Gasteiger partial charge in [0.05, 0.1) is 17.9 Å². The zero-order chi connectivity index (χ0) is 18.1. The standard InChI is InChI=1S/C18H20FN3O3/c1-11-9-13(19)3-4-15(11)17(23)21-7-5-14(6-8-21)22-12(2)16(10-20-22)18(24)25/h3-4,9-10,14H,5-8H2,1-2H3,(H,24,25). The van der Waals surface area contributed by atoms with Gasteiger partial charge in [0.15, 0.2) is 0 Å². The molecule has 0 bridgehead atoms. The fourth-order valence-corrected chi connectivity index (χ4v) is 3.35. The molecule has 1 N–H and O–H groups in total. The minimum absolute atomic E-state index is 0.0754. The Morgan fingerprint density at radius 2 is 1.88 bits per heavy atom. The number of carboxylic acids is 1. The van der Waals surface area contributed by atoms with E-state index in [1.807, 2.05) is 0 Å². The average molecular weight is 345 g/mol. The Hall–Kier alpha value is -2.70. The van der Waals surface area contributed by atoms with Gasteiger partial charge in [0.2, 0.25) is 0 Å². The van der Waals surface area contributed by atoms with E-state index in [0.717, 1.165) is 0 Å². The van der Waals surface area contributed by atoms with Crippen LogP contribution in [0.25, 0.3) is 0 Å². The lowest BCUT2D eigenvalue weighted by Gasteiger charge is -2.33. The minimum atomic E-state index is -0.983. The third-order valence-electron chi connectivity index (χ3n) is 4.79. The topological polar surface area (TPSA) is 75.4 Å². The zero-order valence-electron chi connectivity index (χ0n) is 14.2. The van der Waals surface area contributed by atoms with E-state index in [9.17, 15) is 14.0 Å². The molecule has 0 radical (unpaired) electrons. The van der Waals surface area contributed by atoms with E-state index in [4.69, 9.17) is 5.11 Å². The van der Waals surface area contributed by atoms with Crippen LogP contribution in [-0.4, -0.2) is 44.8 Å². The molecular formula is C18H20FN3O3. The molecule has 1 amide bonds. The largest absolute Gasteiger partial charge is 0.478 e. The summed E-state index contributed by atoms with van der Waals surface area (Å²) in [4.78, 5) is 25.5. The van der Waals surface area contributed by atoms with E-state index in [-0.39, 0.29) is 23.3 Å². The van der Waals surface area contributed by atoms with Crippen molar-refractivity contribution in [1.29, 1.82) is 0 Å². The predicted molar refractivity (Wildman–Crippen MR) is 89.2 cm³/mol. The normalized spacial score (nSPS) is 15.4. The molecule has 1 aliphatic heterocycles. The van der Waals surface area contributed by atoms with Gasteiger partial charge < -0.3 is 10.0 Å². The number of hydrogen-bond donors (Lipinski definition) is 1. The summed E-state index contributed by atoms with van der Waals surface area (Å²) in [5.41, 5.74) is 1.98. The number of halogens is 1. The molecule has 0 aliphatic carbocycles. The predicted octanol–water partition coefficient (Wildman–Crippen LogP) is 2.81. The maximum absolute atomic E-state index is 13.2. The van der Waals surface area contributed by atoms with Gasteiger partial charge in [-0.05, 0) is 50.5 Å². The van der Waals surface area contributed by atoms with Gasteiger partial charge in [-0.25, -0.2) is 9.18 Å². The second-order valence-corrected chi connectivity index (χ2v) is 6.38. The number of nitrogens with zero attached hydrogens (tertiary/aromatic N) is 3. The Kier molecular flexibility index (Phi) is 4.57. The van der Waals surface area contributed by atoms with E-state index in [0.29, 0.717) is 42.8 Å². The summed E-state index contributed by atoms with van der Waals surface area (Å²) in [6, 6.07) is 4.26. The van der Waals surface area contributed by atoms with Gasteiger partial charge in [-0.3, -0.25) is 9.48 Å². The van der Waals surface area contributed by atoms with Crippen molar-refractivity contribution in [2.24, 2.45) is 0 Å². The van der Waals surface area contributed by atoms with Gasteiger partial charge in [0, 0.05) is 18.7 Å². The fourth-order valence-electron chi connectivity index (χ4n) is 3.35. The highest BCUT2D eigenvalue weighted by molar-refractivity contribution is 5.95. The van der Waals surface area contributed by atoms with Crippen LogP contribution in [0.3, 0.4) is 0 Å². The highest BCUT2D eigenvalue weighted by Gasteiger charge is 2.27. The molecule has 2 aromatic rings. The number of aromatic carboxylic acids is 1. The Morgan fingerprint density at radius 1 is 1.20 bits per heavy atom. The lowest BCUT2D eigenvalue weighted by atomic mass is 10.0. The number of carbonyl (C=O) groups excluding carboxylic acids is 1. The zero-order valence-corrected chi connectivity index (χ0v) is 14.2. The maximum Gasteiger partial charge on any atom is 0.339 e. The van der Waals surface area contributed by atoms with E-state index >= 15 is 0 Å². The molecule has 3 rings (SSSR count). The molecule has 0 atom stereocenters. The van der Waals surface area contributed by atoms with Crippen molar-refractivity contribution in [3.8, 4) is 0 Å². The lowest BCUT2D eigenvalue weighted by molar-refractivity contribution is 0.0687. The molecule has 0 saturated carbocycles. The molecule has 1 aromatic heterocycles. The van der Waals surface area contributed by atoms with Crippen LogP contribution < -0.4 is 0 Å². The van der Waals surface area contributed by atoms with Gasteiger partial charge in [-0.2, -0.15) is 5.10 Å². The second kappa shape index (κ2) is 6.66. The van der Waals surface area contributed by atoms with Gasteiger partial charge in [-0.1, -0.05) is 0 Å². The van der Waals surface area contributed by atoms with Gasteiger partial charge >= 0.3 is 5.97 Å². The first-order valence-corrected chi connectivity index (χ1v) is 8.21. The number of carbonyl (C=O) groups is 2. The Morgan fingerprint density at radius 3 is 2.44 bits per heavy atom. The number of hydrogen-bond acceptors (Lipinski definition) is 3. The molecule has 0 spiro atoms. The van der Waals surface area contributed by atoms with Crippen LogP contribution in [0.1, 0.15) is 50.9 Å². The third-order valence-corrected chi connectivity index (χ3v) is 4.79. The van der Waals surface area contributed by atoms with Gasteiger partial charge in [0.25, 0.3) is 5.91 Å². The highest BCUT2D eigenvalue weighted by Crippen LogP contribution is 2.26. The highest BCUT2D eigenvalue weighted by atomic mass is 19.1. The first-order valence-electron chi connectivity index (χ1n) is 8.21. The lowest BCUT2D eigenvalue weighted by Crippen LogP contribution is -2.39. The molecule has 132 valence electrons. The monoisotopic (exact) mass is 345 g/mol. The average Bonchev–Trinajstić information content (AvgIpc) is 2.96. The first kappa shape index (κ1) is 17.1. The molecule has 1 saturated heterocycles. The van der Waals surface area contributed by atoms with Crippen molar-refractivity contribution in [2.75, 3.05) is 13.1 Å². The van der Waals surface area contributed by atoms with Crippen molar-refractivity contribution in [3.63, 3.8) is 0 Å². The second-order valence-electron chi connectivity index (χ2n) is 6.38. The minimum Gasteiger partial charge on any atom is -0.478 e. The molecule has 1 fully saturated rings. The number of aryl methyl sites for hydroxylation is 1.